The van der Waals surface area contributed by atoms with Crippen LogP contribution in [-0.2, 0) is 19.4 Å². The van der Waals surface area contributed by atoms with Gasteiger partial charge in [0.2, 0.25) is 0 Å². The second kappa shape index (κ2) is 6.85. The summed E-state index contributed by atoms with van der Waals surface area (Å²) in [4.78, 5) is 0. The molecule has 3 aromatic rings. The number of rotatable bonds is 4. The molecule has 2 aromatic carbocycles. The Labute approximate surface area is 165 Å². The SMILES string of the molecule is Cc1cc(-c2cnn(CC(C)(C)O)c2)cc(C)c1-c1ccc(F)c2c1CCC2. The molecule has 0 unspecified atom stereocenters. The average Bonchev–Trinajstić information content (AvgIpc) is 3.24. The van der Waals surface area contributed by atoms with Gasteiger partial charge in [-0.2, -0.15) is 5.10 Å². The van der Waals surface area contributed by atoms with E-state index in [0.717, 1.165) is 36.0 Å². The van der Waals surface area contributed by atoms with E-state index in [1.165, 1.54) is 27.8 Å². The Kier molecular flexibility index (Phi) is 4.62. The molecule has 4 rings (SSSR count). The summed E-state index contributed by atoms with van der Waals surface area (Å²) in [5.41, 5.74) is 8.17. The zero-order chi connectivity index (χ0) is 20.1. The maximum absolute atomic E-state index is 14.2. The summed E-state index contributed by atoms with van der Waals surface area (Å²) in [5, 5.41) is 14.4. The minimum Gasteiger partial charge on any atom is -0.389 e. The third-order valence-corrected chi connectivity index (χ3v) is 5.55. The summed E-state index contributed by atoms with van der Waals surface area (Å²) in [6.07, 6.45) is 6.63. The van der Waals surface area contributed by atoms with Crippen LogP contribution in [0.5, 0.6) is 0 Å². The zero-order valence-electron chi connectivity index (χ0n) is 17.0. The highest BCUT2D eigenvalue weighted by atomic mass is 19.1. The summed E-state index contributed by atoms with van der Waals surface area (Å²) in [6.45, 7) is 8.25. The normalized spacial score (nSPS) is 13.8. The maximum atomic E-state index is 14.2. The molecule has 1 aliphatic rings. The van der Waals surface area contributed by atoms with Gasteiger partial charge in [-0.3, -0.25) is 4.68 Å². The molecule has 4 heteroatoms. The van der Waals surface area contributed by atoms with Crippen LogP contribution in [0, 0.1) is 19.7 Å². The number of hydrogen-bond donors (Lipinski definition) is 1. The van der Waals surface area contributed by atoms with Gasteiger partial charge in [-0.25, -0.2) is 4.39 Å². The van der Waals surface area contributed by atoms with Crippen molar-refractivity contribution in [2.45, 2.75) is 59.1 Å². The lowest BCUT2D eigenvalue weighted by molar-refractivity contribution is 0.0577. The predicted molar refractivity (Wildman–Crippen MR) is 111 cm³/mol. The van der Waals surface area contributed by atoms with E-state index < -0.39 is 5.60 Å². The molecule has 0 fully saturated rings. The Hall–Kier alpha value is -2.46. The van der Waals surface area contributed by atoms with E-state index in [4.69, 9.17) is 0 Å². The Morgan fingerprint density at radius 1 is 1.07 bits per heavy atom. The number of aromatic nitrogens is 2. The quantitative estimate of drug-likeness (QED) is 0.675. The molecule has 1 heterocycles. The third-order valence-electron chi connectivity index (χ3n) is 5.55. The van der Waals surface area contributed by atoms with Gasteiger partial charge in [-0.15, -0.1) is 0 Å². The second-order valence-corrected chi connectivity index (χ2v) is 8.63. The lowest BCUT2D eigenvalue weighted by Crippen LogP contribution is -2.26. The number of aryl methyl sites for hydroxylation is 2. The highest BCUT2D eigenvalue weighted by Crippen LogP contribution is 2.38. The Balaban J connectivity index is 1.74. The molecule has 0 saturated heterocycles. The zero-order valence-corrected chi connectivity index (χ0v) is 17.0. The molecule has 1 aromatic heterocycles. The first-order valence-electron chi connectivity index (χ1n) is 9.90. The Morgan fingerprint density at radius 3 is 2.43 bits per heavy atom. The van der Waals surface area contributed by atoms with Crippen LogP contribution < -0.4 is 0 Å². The Morgan fingerprint density at radius 2 is 1.75 bits per heavy atom. The van der Waals surface area contributed by atoms with E-state index in [2.05, 4.69) is 31.1 Å². The van der Waals surface area contributed by atoms with Crippen molar-refractivity contribution < 1.29 is 9.50 Å². The molecule has 0 saturated carbocycles. The maximum Gasteiger partial charge on any atom is 0.126 e. The first-order chi connectivity index (χ1) is 13.2. The molecule has 0 bridgehead atoms. The van der Waals surface area contributed by atoms with Crippen LogP contribution >= 0.6 is 0 Å². The molecule has 0 aliphatic heterocycles. The molecule has 0 amide bonds. The van der Waals surface area contributed by atoms with Crippen LogP contribution in [0.25, 0.3) is 22.3 Å². The molecular formula is C24H27FN2O. The van der Waals surface area contributed by atoms with Crippen LogP contribution in [0.15, 0.2) is 36.7 Å². The minimum absolute atomic E-state index is 0.0672. The van der Waals surface area contributed by atoms with Gasteiger partial charge in [-0.05, 0) is 92.0 Å². The number of benzene rings is 2. The van der Waals surface area contributed by atoms with Crippen molar-refractivity contribution in [1.29, 1.82) is 0 Å². The topological polar surface area (TPSA) is 38.0 Å². The van der Waals surface area contributed by atoms with Gasteiger partial charge in [0.05, 0.1) is 18.3 Å². The first-order valence-corrected chi connectivity index (χ1v) is 9.90. The van der Waals surface area contributed by atoms with Crippen molar-refractivity contribution in [3.8, 4) is 22.3 Å². The standard InChI is InChI=1S/C24H27FN2O/c1-15-10-17(18-12-26-27(13-18)14-24(3,4)28)11-16(2)23(15)21-8-9-22(25)20-7-5-6-19(20)21/h8-13,28H,5-7,14H2,1-4H3. The first kappa shape index (κ1) is 18.9. The molecular weight excluding hydrogens is 351 g/mol. The summed E-state index contributed by atoms with van der Waals surface area (Å²) in [6, 6.07) is 7.92. The average molecular weight is 378 g/mol. The molecule has 0 radical (unpaired) electrons. The van der Waals surface area contributed by atoms with Crippen LogP contribution in [0.4, 0.5) is 4.39 Å². The highest BCUT2D eigenvalue weighted by Gasteiger charge is 2.22. The van der Waals surface area contributed by atoms with Crippen molar-refractivity contribution in [2.75, 3.05) is 0 Å². The van der Waals surface area contributed by atoms with Gasteiger partial charge in [-0.1, -0.05) is 18.2 Å². The molecule has 1 N–H and O–H groups in total. The van der Waals surface area contributed by atoms with Crippen LogP contribution in [0.2, 0.25) is 0 Å². The monoisotopic (exact) mass is 378 g/mol. The Bertz CT molecular complexity index is 1020. The van der Waals surface area contributed by atoms with Gasteiger partial charge >= 0.3 is 0 Å². The number of halogens is 1. The summed E-state index contributed by atoms with van der Waals surface area (Å²) in [5.74, 6) is -0.0672. The summed E-state index contributed by atoms with van der Waals surface area (Å²) in [7, 11) is 0. The molecule has 0 spiro atoms. The number of hydrogen-bond acceptors (Lipinski definition) is 2. The van der Waals surface area contributed by atoms with Crippen molar-refractivity contribution in [2.24, 2.45) is 0 Å². The van der Waals surface area contributed by atoms with Crippen molar-refractivity contribution in [1.82, 2.24) is 9.78 Å². The number of nitrogens with zero attached hydrogens (tertiary/aromatic N) is 2. The summed E-state index contributed by atoms with van der Waals surface area (Å²) >= 11 is 0. The van der Waals surface area contributed by atoms with Crippen molar-refractivity contribution in [3.05, 3.63) is 64.7 Å². The van der Waals surface area contributed by atoms with Crippen molar-refractivity contribution >= 4 is 0 Å². The molecule has 146 valence electrons. The fourth-order valence-electron chi connectivity index (χ4n) is 4.45. The minimum atomic E-state index is -0.804. The van der Waals surface area contributed by atoms with E-state index in [-0.39, 0.29) is 5.82 Å². The fourth-order valence-corrected chi connectivity index (χ4v) is 4.45. The lowest BCUT2D eigenvalue weighted by atomic mass is 9.88. The van der Waals surface area contributed by atoms with E-state index in [1.54, 1.807) is 24.6 Å². The van der Waals surface area contributed by atoms with Gasteiger partial charge in [0.1, 0.15) is 5.82 Å². The number of aliphatic hydroxyl groups is 1. The second-order valence-electron chi connectivity index (χ2n) is 8.63. The highest BCUT2D eigenvalue weighted by molar-refractivity contribution is 5.79. The molecule has 0 atom stereocenters. The predicted octanol–water partition coefficient (Wildman–Crippen LogP) is 5.23. The molecule has 1 aliphatic carbocycles. The van der Waals surface area contributed by atoms with Crippen molar-refractivity contribution in [3.63, 3.8) is 0 Å². The van der Waals surface area contributed by atoms with Crippen LogP contribution in [0.1, 0.15) is 42.5 Å². The van der Waals surface area contributed by atoms with Crippen LogP contribution in [0.3, 0.4) is 0 Å². The van der Waals surface area contributed by atoms with E-state index >= 15 is 0 Å². The van der Waals surface area contributed by atoms with Gasteiger partial charge in [0.15, 0.2) is 0 Å². The van der Waals surface area contributed by atoms with Gasteiger partial charge in [0.25, 0.3) is 0 Å². The number of fused-ring (bicyclic) bond motifs is 1. The molecule has 28 heavy (non-hydrogen) atoms. The smallest absolute Gasteiger partial charge is 0.126 e. The van der Waals surface area contributed by atoms with Gasteiger partial charge < -0.3 is 5.11 Å². The van der Waals surface area contributed by atoms with E-state index in [0.29, 0.717) is 6.54 Å². The van der Waals surface area contributed by atoms with E-state index in [1.807, 2.05) is 18.5 Å². The van der Waals surface area contributed by atoms with E-state index in [9.17, 15) is 9.50 Å². The van der Waals surface area contributed by atoms with Crippen LogP contribution in [-0.4, -0.2) is 20.5 Å². The summed E-state index contributed by atoms with van der Waals surface area (Å²) < 4.78 is 15.9. The largest absolute Gasteiger partial charge is 0.389 e. The molecule has 3 nitrogen and oxygen atoms in total. The van der Waals surface area contributed by atoms with Gasteiger partial charge in [0, 0.05) is 11.8 Å². The fraction of sp³-hybridized carbons (Fsp3) is 0.375. The third kappa shape index (κ3) is 3.49. The lowest BCUT2D eigenvalue weighted by Gasteiger charge is -2.17.